The molecule has 0 N–H and O–H groups in total. The van der Waals surface area contributed by atoms with Gasteiger partial charge in [-0.05, 0) is 12.5 Å². The molecule has 1 fully saturated rings. The first kappa shape index (κ1) is 18.1. The molecule has 0 radical (unpaired) electrons. The van der Waals surface area contributed by atoms with Crippen LogP contribution in [0.1, 0.15) is 21.6 Å². The van der Waals surface area contributed by atoms with Gasteiger partial charge in [-0.1, -0.05) is 30.3 Å². The van der Waals surface area contributed by atoms with E-state index in [4.69, 9.17) is 4.74 Å². The van der Waals surface area contributed by atoms with Crippen LogP contribution in [0.3, 0.4) is 0 Å². The van der Waals surface area contributed by atoms with E-state index in [1.54, 1.807) is 23.6 Å². The zero-order valence-corrected chi connectivity index (χ0v) is 15.2. The molecule has 0 saturated carbocycles. The molecule has 1 aromatic heterocycles. The number of nitrogens with zero attached hydrogens (tertiary/aromatic N) is 4. The molecule has 2 aromatic rings. The van der Waals surface area contributed by atoms with Crippen LogP contribution in [0.5, 0.6) is 0 Å². The van der Waals surface area contributed by atoms with Gasteiger partial charge in [-0.3, -0.25) is 14.4 Å². The maximum absolute atomic E-state index is 12.3. The lowest BCUT2D eigenvalue weighted by Crippen LogP contribution is -2.49. The summed E-state index contributed by atoms with van der Waals surface area (Å²) in [6.07, 6.45) is 1.46. The van der Waals surface area contributed by atoms with Gasteiger partial charge in [0.05, 0.1) is 6.20 Å². The number of carbonyl (C=O) groups excluding carboxylic acids is 2. The van der Waals surface area contributed by atoms with E-state index >= 15 is 0 Å². The summed E-state index contributed by atoms with van der Waals surface area (Å²) in [6, 6.07) is 10.3. The highest BCUT2D eigenvalue weighted by Crippen LogP contribution is 2.10. The molecule has 0 aliphatic carbocycles. The first-order valence-electron chi connectivity index (χ1n) is 8.74. The van der Waals surface area contributed by atoms with Crippen molar-refractivity contribution in [2.45, 2.75) is 13.5 Å². The van der Waals surface area contributed by atoms with Gasteiger partial charge >= 0.3 is 5.97 Å². The Morgan fingerprint density at radius 3 is 2.42 bits per heavy atom. The van der Waals surface area contributed by atoms with Crippen molar-refractivity contribution in [1.82, 2.24) is 19.6 Å². The zero-order valence-electron chi connectivity index (χ0n) is 15.2. The van der Waals surface area contributed by atoms with Crippen molar-refractivity contribution in [3.8, 4) is 0 Å². The van der Waals surface area contributed by atoms with E-state index in [1.165, 1.54) is 11.8 Å². The number of carbonyl (C=O) groups is 2. The number of aromatic nitrogens is 2. The van der Waals surface area contributed by atoms with Gasteiger partial charge in [0.1, 0.15) is 5.56 Å². The van der Waals surface area contributed by atoms with Crippen molar-refractivity contribution < 1.29 is 14.3 Å². The fourth-order valence-electron chi connectivity index (χ4n) is 2.99. The summed E-state index contributed by atoms with van der Waals surface area (Å²) in [7, 11) is 1.76. The van der Waals surface area contributed by atoms with Gasteiger partial charge < -0.3 is 9.64 Å². The summed E-state index contributed by atoms with van der Waals surface area (Å²) in [6.45, 7) is 5.37. The third-order valence-corrected chi connectivity index (χ3v) is 4.76. The summed E-state index contributed by atoms with van der Waals surface area (Å²) >= 11 is 0. The van der Waals surface area contributed by atoms with Crippen molar-refractivity contribution >= 4 is 11.9 Å². The lowest BCUT2D eigenvalue weighted by Gasteiger charge is -2.34. The average molecular weight is 356 g/mol. The molecule has 0 spiro atoms. The number of rotatable bonds is 5. The maximum atomic E-state index is 12.3. The Morgan fingerprint density at radius 2 is 1.81 bits per heavy atom. The molecule has 26 heavy (non-hydrogen) atoms. The second-order valence-corrected chi connectivity index (χ2v) is 6.49. The number of hydrogen-bond acceptors (Lipinski definition) is 5. The lowest BCUT2D eigenvalue weighted by atomic mass is 10.2. The fourth-order valence-corrected chi connectivity index (χ4v) is 2.99. The fraction of sp³-hybridized carbons (Fsp3) is 0.421. The van der Waals surface area contributed by atoms with E-state index < -0.39 is 5.97 Å². The third-order valence-electron chi connectivity index (χ3n) is 4.76. The van der Waals surface area contributed by atoms with Crippen LogP contribution in [0.15, 0.2) is 36.5 Å². The third kappa shape index (κ3) is 4.29. The SMILES string of the molecule is Cc1c(C(=O)OCC(=O)N2CCN(Cc3ccccc3)CC2)cnn1C. The Morgan fingerprint density at radius 1 is 1.12 bits per heavy atom. The average Bonchev–Trinajstić information content (AvgIpc) is 3.00. The van der Waals surface area contributed by atoms with Gasteiger partial charge in [-0.2, -0.15) is 5.10 Å². The van der Waals surface area contributed by atoms with Crippen LogP contribution in [0.25, 0.3) is 0 Å². The molecule has 1 aliphatic rings. The van der Waals surface area contributed by atoms with Crippen molar-refractivity contribution in [3.05, 3.63) is 53.3 Å². The van der Waals surface area contributed by atoms with Gasteiger partial charge in [0.2, 0.25) is 0 Å². The molecule has 1 saturated heterocycles. The van der Waals surface area contributed by atoms with Crippen LogP contribution in [-0.2, 0) is 23.1 Å². The van der Waals surface area contributed by atoms with Crippen molar-refractivity contribution in [2.75, 3.05) is 32.8 Å². The van der Waals surface area contributed by atoms with E-state index in [2.05, 4.69) is 22.1 Å². The second-order valence-electron chi connectivity index (χ2n) is 6.49. The van der Waals surface area contributed by atoms with Gasteiger partial charge in [-0.15, -0.1) is 0 Å². The number of aryl methyl sites for hydroxylation is 1. The highest BCUT2D eigenvalue weighted by atomic mass is 16.5. The Kier molecular flexibility index (Phi) is 5.68. The van der Waals surface area contributed by atoms with Crippen LogP contribution < -0.4 is 0 Å². The number of benzene rings is 1. The zero-order chi connectivity index (χ0) is 18.5. The Balaban J connectivity index is 1.43. The molecule has 0 bridgehead atoms. The smallest absolute Gasteiger partial charge is 0.342 e. The molecule has 3 rings (SSSR count). The van der Waals surface area contributed by atoms with E-state index in [0.717, 1.165) is 25.3 Å². The molecule has 0 unspecified atom stereocenters. The maximum Gasteiger partial charge on any atom is 0.342 e. The lowest BCUT2D eigenvalue weighted by molar-refractivity contribution is -0.136. The summed E-state index contributed by atoms with van der Waals surface area (Å²) in [5, 5.41) is 4.01. The number of ether oxygens (including phenoxy) is 1. The number of amides is 1. The summed E-state index contributed by atoms with van der Waals surface area (Å²) in [5.41, 5.74) is 2.39. The highest BCUT2D eigenvalue weighted by molar-refractivity contribution is 5.92. The molecule has 0 atom stereocenters. The number of hydrogen-bond donors (Lipinski definition) is 0. The van der Waals surface area contributed by atoms with Crippen LogP contribution in [0.2, 0.25) is 0 Å². The van der Waals surface area contributed by atoms with E-state index in [0.29, 0.717) is 18.7 Å². The molecule has 7 nitrogen and oxygen atoms in total. The minimum absolute atomic E-state index is 0.153. The Hall–Kier alpha value is -2.67. The van der Waals surface area contributed by atoms with Crippen molar-refractivity contribution in [3.63, 3.8) is 0 Å². The van der Waals surface area contributed by atoms with E-state index in [1.807, 2.05) is 18.2 Å². The van der Waals surface area contributed by atoms with Crippen molar-refractivity contribution in [2.24, 2.45) is 7.05 Å². The summed E-state index contributed by atoms with van der Waals surface area (Å²) in [4.78, 5) is 28.4. The quantitative estimate of drug-likeness (QED) is 0.754. The molecule has 1 aliphatic heterocycles. The molecule has 1 aromatic carbocycles. The molecular formula is C19H24N4O3. The first-order valence-corrected chi connectivity index (χ1v) is 8.74. The molecule has 1 amide bonds. The van der Waals surface area contributed by atoms with Crippen molar-refractivity contribution in [1.29, 1.82) is 0 Å². The van der Waals surface area contributed by atoms with Gasteiger partial charge in [0.25, 0.3) is 5.91 Å². The predicted octanol–water partition coefficient (Wildman–Crippen LogP) is 1.23. The first-order chi connectivity index (χ1) is 12.5. The minimum atomic E-state index is -0.508. The Labute approximate surface area is 153 Å². The Bertz CT molecular complexity index is 764. The highest BCUT2D eigenvalue weighted by Gasteiger charge is 2.23. The van der Waals surface area contributed by atoms with Crippen LogP contribution in [0.4, 0.5) is 0 Å². The van der Waals surface area contributed by atoms with E-state index in [-0.39, 0.29) is 12.5 Å². The number of esters is 1. The van der Waals surface area contributed by atoms with Gasteiger partial charge in [-0.25, -0.2) is 4.79 Å². The van der Waals surface area contributed by atoms with Crippen LogP contribution in [-0.4, -0.2) is 64.2 Å². The van der Waals surface area contributed by atoms with Crippen LogP contribution in [0, 0.1) is 6.92 Å². The molecule has 138 valence electrons. The van der Waals surface area contributed by atoms with Gasteiger partial charge in [0.15, 0.2) is 6.61 Å². The molecule has 2 heterocycles. The topological polar surface area (TPSA) is 67.7 Å². The summed E-state index contributed by atoms with van der Waals surface area (Å²) < 4.78 is 6.76. The second kappa shape index (κ2) is 8.14. The van der Waals surface area contributed by atoms with E-state index in [9.17, 15) is 9.59 Å². The largest absolute Gasteiger partial charge is 0.452 e. The van der Waals surface area contributed by atoms with Crippen LogP contribution >= 0.6 is 0 Å². The monoisotopic (exact) mass is 356 g/mol. The predicted molar refractivity (Wildman–Crippen MR) is 96.5 cm³/mol. The summed E-state index contributed by atoms with van der Waals surface area (Å²) in [5.74, 6) is -0.661. The number of piperazine rings is 1. The minimum Gasteiger partial charge on any atom is -0.452 e. The van der Waals surface area contributed by atoms with Gasteiger partial charge in [0, 0.05) is 45.5 Å². The molecule has 7 heteroatoms. The standard InChI is InChI=1S/C19H24N4O3/c1-15-17(12-20-21(15)2)19(25)26-14-18(24)23-10-8-22(9-11-23)13-16-6-4-3-5-7-16/h3-7,12H,8-11,13-14H2,1-2H3. The molecular weight excluding hydrogens is 332 g/mol. The normalized spacial score (nSPS) is 15.1.